The summed E-state index contributed by atoms with van der Waals surface area (Å²) in [4.78, 5) is 0. The zero-order chi connectivity index (χ0) is 17.5. The second-order valence-electron chi connectivity index (χ2n) is 7.46. The van der Waals surface area contributed by atoms with Crippen molar-refractivity contribution < 1.29 is 5.11 Å². The Morgan fingerprint density at radius 2 is 1.17 bits per heavy atom. The van der Waals surface area contributed by atoms with Crippen molar-refractivity contribution in [2.45, 2.75) is 67.2 Å². The van der Waals surface area contributed by atoms with E-state index in [-0.39, 0.29) is 0 Å². The first kappa shape index (κ1) is 17.6. The Morgan fingerprint density at radius 3 is 1.70 bits per heavy atom. The van der Waals surface area contributed by atoms with Gasteiger partial charge in [0.2, 0.25) is 0 Å². The van der Waals surface area contributed by atoms with E-state index in [1.165, 1.54) is 27.8 Å². The second-order valence-corrected chi connectivity index (χ2v) is 7.46. The fourth-order valence-corrected chi connectivity index (χ4v) is 3.20. The Labute approximate surface area is 141 Å². The highest BCUT2D eigenvalue weighted by atomic mass is 16.3. The molecule has 0 bridgehead atoms. The standard InChI is InChI=1S/C22H30O/c1-12(2)18-9-14(5)15(6)10-20(18)21-19(13(3)4)11-16(7)17(8)22(21)23/h9-13,23H,1-8H3. The van der Waals surface area contributed by atoms with Crippen molar-refractivity contribution in [3.8, 4) is 16.9 Å². The Balaban J connectivity index is 2.91. The zero-order valence-electron chi connectivity index (χ0n) is 15.8. The van der Waals surface area contributed by atoms with Crippen molar-refractivity contribution >= 4 is 0 Å². The van der Waals surface area contributed by atoms with Crippen LogP contribution in [0.1, 0.15) is 72.9 Å². The molecule has 0 aliphatic heterocycles. The number of aromatic hydroxyl groups is 1. The smallest absolute Gasteiger partial charge is 0.126 e. The van der Waals surface area contributed by atoms with Crippen molar-refractivity contribution in [1.29, 1.82) is 0 Å². The molecule has 2 rings (SSSR count). The summed E-state index contributed by atoms with van der Waals surface area (Å²) in [7, 11) is 0. The highest BCUT2D eigenvalue weighted by molar-refractivity contribution is 5.80. The van der Waals surface area contributed by atoms with Gasteiger partial charge >= 0.3 is 0 Å². The monoisotopic (exact) mass is 310 g/mol. The van der Waals surface area contributed by atoms with Crippen LogP contribution in [0.25, 0.3) is 11.1 Å². The summed E-state index contributed by atoms with van der Waals surface area (Å²) in [5.41, 5.74) is 9.48. The predicted molar refractivity (Wildman–Crippen MR) is 101 cm³/mol. The van der Waals surface area contributed by atoms with E-state index < -0.39 is 0 Å². The summed E-state index contributed by atoms with van der Waals surface area (Å²) < 4.78 is 0. The first-order valence-corrected chi connectivity index (χ1v) is 8.59. The van der Waals surface area contributed by atoms with E-state index in [0.29, 0.717) is 17.6 Å². The highest BCUT2D eigenvalue weighted by Gasteiger charge is 2.21. The number of hydrogen-bond acceptors (Lipinski definition) is 1. The Morgan fingerprint density at radius 1 is 0.696 bits per heavy atom. The molecule has 2 aromatic carbocycles. The lowest BCUT2D eigenvalue weighted by Gasteiger charge is -2.23. The van der Waals surface area contributed by atoms with Crippen LogP contribution in [-0.4, -0.2) is 5.11 Å². The Kier molecular flexibility index (Phi) is 4.89. The molecule has 1 nitrogen and oxygen atoms in total. The van der Waals surface area contributed by atoms with E-state index in [1.54, 1.807) is 0 Å². The van der Waals surface area contributed by atoms with E-state index in [9.17, 15) is 5.11 Å². The topological polar surface area (TPSA) is 20.2 Å². The SMILES string of the molecule is Cc1cc(-c2c(C(C)C)cc(C)c(C)c2O)c(C(C)C)cc1C. The molecular formula is C22H30O. The maximum absolute atomic E-state index is 10.9. The first-order chi connectivity index (χ1) is 10.6. The molecule has 0 saturated heterocycles. The summed E-state index contributed by atoms with van der Waals surface area (Å²) in [6, 6.07) is 6.78. The average molecular weight is 310 g/mol. The summed E-state index contributed by atoms with van der Waals surface area (Å²) in [6.07, 6.45) is 0. The van der Waals surface area contributed by atoms with Crippen LogP contribution in [0.3, 0.4) is 0 Å². The first-order valence-electron chi connectivity index (χ1n) is 8.59. The largest absolute Gasteiger partial charge is 0.507 e. The Hall–Kier alpha value is -1.76. The molecular weight excluding hydrogens is 280 g/mol. The van der Waals surface area contributed by atoms with Crippen LogP contribution in [0.2, 0.25) is 0 Å². The molecule has 0 amide bonds. The predicted octanol–water partition coefficient (Wildman–Crippen LogP) is 6.54. The van der Waals surface area contributed by atoms with Gasteiger partial charge in [-0.05, 0) is 78.5 Å². The van der Waals surface area contributed by atoms with Gasteiger partial charge in [-0.25, -0.2) is 0 Å². The van der Waals surface area contributed by atoms with E-state index in [2.05, 4.69) is 66.7 Å². The van der Waals surface area contributed by atoms with Gasteiger partial charge in [0, 0.05) is 5.56 Å². The number of phenolic OH excluding ortho intramolecular Hbond substituents is 1. The second kappa shape index (κ2) is 6.39. The van der Waals surface area contributed by atoms with Crippen molar-refractivity contribution in [3.63, 3.8) is 0 Å². The van der Waals surface area contributed by atoms with Crippen LogP contribution >= 0.6 is 0 Å². The van der Waals surface area contributed by atoms with E-state index in [0.717, 1.165) is 16.7 Å². The lowest BCUT2D eigenvalue weighted by molar-refractivity contribution is 0.471. The van der Waals surface area contributed by atoms with E-state index >= 15 is 0 Å². The maximum atomic E-state index is 10.9. The van der Waals surface area contributed by atoms with E-state index in [4.69, 9.17) is 0 Å². The summed E-state index contributed by atoms with van der Waals surface area (Å²) in [5.74, 6) is 1.24. The minimum atomic E-state index is 0.372. The van der Waals surface area contributed by atoms with Crippen LogP contribution < -0.4 is 0 Å². The molecule has 0 saturated carbocycles. The summed E-state index contributed by atoms with van der Waals surface area (Å²) in [5, 5.41) is 10.9. The molecule has 0 heterocycles. The van der Waals surface area contributed by atoms with Crippen molar-refractivity contribution in [2.75, 3.05) is 0 Å². The fraction of sp³-hybridized carbons (Fsp3) is 0.455. The fourth-order valence-electron chi connectivity index (χ4n) is 3.20. The number of hydrogen-bond donors (Lipinski definition) is 1. The van der Waals surface area contributed by atoms with Crippen LogP contribution in [0.5, 0.6) is 5.75 Å². The molecule has 2 aromatic rings. The van der Waals surface area contributed by atoms with Gasteiger partial charge in [-0.2, -0.15) is 0 Å². The molecule has 0 atom stereocenters. The molecule has 1 N–H and O–H groups in total. The lowest BCUT2D eigenvalue weighted by atomic mass is 9.82. The molecule has 0 spiro atoms. The number of rotatable bonds is 3. The van der Waals surface area contributed by atoms with Crippen molar-refractivity contribution in [2.24, 2.45) is 0 Å². The number of aryl methyl sites for hydroxylation is 3. The molecule has 1 heteroatoms. The third-order valence-electron chi connectivity index (χ3n) is 5.02. The van der Waals surface area contributed by atoms with E-state index in [1.807, 2.05) is 6.92 Å². The zero-order valence-corrected chi connectivity index (χ0v) is 15.8. The molecule has 0 aliphatic rings. The van der Waals surface area contributed by atoms with Gasteiger partial charge in [0.1, 0.15) is 5.75 Å². The van der Waals surface area contributed by atoms with Gasteiger partial charge in [-0.15, -0.1) is 0 Å². The average Bonchev–Trinajstić information content (AvgIpc) is 2.46. The molecule has 23 heavy (non-hydrogen) atoms. The van der Waals surface area contributed by atoms with Crippen LogP contribution in [0, 0.1) is 27.7 Å². The number of benzene rings is 2. The van der Waals surface area contributed by atoms with Gasteiger partial charge in [-0.3, -0.25) is 0 Å². The van der Waals surface area contributed by atoms with Gasteiger partial charge in [0.15, 0.2) is 0 Å². The lowest BCUT2D eigenvalue weighted by Crippen LogP contribution is -2.02. The number of phenols is 1. The van der Waals surface area contributed by atoms with Gasteiger partial charge in [-0.1, -0.05) is 45.9 Å². The van der Waals surface area contributed by atoms with Gasteiger partial charge < -0.3 is 5.11 Å². The third kappa shape index (κ3) is 3.15. The summed E-state index contributed by atoms with van der Waals surface area (Å²) >= 11 is 0. The minimum absolute atomic E-state index is 0.372. The third-order valence-corrected chi connectivity index (χ3v) is 5.02. The highest BCUT2D eigenvalue weighted by Crippen LogP contribution is 2.43. The molecule has 0 aromatic heterocycles. The molecule has 0 aliphatic carbocycles. The van der Waals surface area contributed by atoms with Gasteiger partial charge in [0.25, 0.3) is 0 Å². The van der Waals surface area contributed by atoms with Crippen molar-refractivity contribution in [1.82, 2.24) is 0 Å². The quantitative estimate of drug-likeness (QED) is 0.682. The van der Waals surface area contributed by atoms with Gasteiger partial charge in [0.05, 0.1) is 0 Å². The van der Waals surface area contributed by atoms with Crippen LogP contribution in [0.15, 0.2) is 18.2 Å². The van der Waals surface area contributed by atoms with Crippen LogP contribution in [-0.2, 0) is 0 Å². The molecule has 124 valence electrons. The normalized spacial score (nSPS) is 11.6. The summed E-state index contributed by atoms with van der Waals surface area (Å²) in [6.45, 7) is 17.2. The molecule has 0 radical (unpaired) electrons. The maximum Gasteiger partial charge on any atom is 0.126 e. The molecule has 0 unspecified atom stereocenters. The molecule has 0 fully saturated rings. The van der Waals surface area contributed by atoms with Crippen LogP contribution in [0.4, 0.5) is 0 Å². The van der Waals surface area contributed by atoms with Crippen molar-refractivity contribution in [3.05, 3.63) is 51.6 Å². The Bertz CT molecular complexity index is 736. The minimum Gasteiger partial charge on any atom is -0.507 e.